The number of carbonyl (C=O) groups is 2. The van der Waals surface area contributed by atoms with Crippen LogP contribution >= 0.6 is 11.3 Å². The zero-order chi connectivity index (χ0) is 28.4. The van der Waals surface area contributed by atoms with E-state index >= 15 is 0 Å². The van der Waals surface area contributed by atoms with Crippen molar-refractivity contribution in [1.29, 1.82) is 0 Å². The van der Waals surface area contributed by atoms with Crippen LogP contribution < -0.4 is 15.5 Å². The summed E-state index contributed by atoms with van der Waals surface area (Å²) in [7, 11) is 1.78. The second-order valence-electron chi connectivity index (χ2n) is 10.2. The highest BCUT2D eigenvalue weighted by atomic mass is 32.1. The summed E-state index contributed by atoms with van der Waals surface area (Å²) in [5.74, 6) is 0.0295. The molecule has 2 aromatic heterocycles. The second kappa shape index (κ2) is 11.2. The van der Waals surface area contributed by atoms with Crippen molar-refractivity contribution in [3.63, 3.8) is 0 Å². The first kappa shape index (κ1) is 28.4. The smallest absolute Gasteiger partial charge is 0.417 e. The van der Waals surface area contributed by atoms with Crippen molar-refractivity contribution in [1.82, 2.24) is 14.8 Å². The van der Waals surface area contributed by atoms with Gasteiger partial charge in [-0.1, -0.05) is 42.4 Å². The minimum Gasteiger partial charge on any atom is -0.444 e. The summed E-state index contributed by atoms with van der Waals surface area (Å²) < 4.78 is 48.2. The molecule has 2 amide bonds. The van der Waals surface area contributed by atoms with Gasteiger partial charge in [0.25, 0.3) is 5.91 Å². The van der Waals surface area contributed by atoms with Crippen molar-refractivity contribution in [2.45, 2.75) is 58.2 Å². The third kappa shape index (κ3) is 6.88. The lowest BCUT2D eigenvalue weighted by Crippen LogP contribution is -2.28. The molecule has 0 radical (unpaired) electrons. The molecule has 0 bridgehead atoms. The van der Waals surface area contributed by atoms with E-state index in [9.17, 15) is 22.8 Å². The monoisotopic (exact) mass is 564 g/mol. The van der Waals surface area contributed by atoms with Crippen LogP contribution in [0.3, 0.4) is 0 Å². The Balaban J connectivity index is 1.71. The lowest BCUT2D eigenvalue weighted by Gasteiger charge is -2.24. The van der Waals surface area contributed by atoms with E-state index in [1.54, 1.807) is 32.5 Å². The zero-order valence-corrected chi connectivity index (χ0v) is 23.0. The standard InChI is InChI=1S/C26H31F3N6O3S/c1-25(2,3)38-24(37)33-22-19(32-21(39-22)16-11-7-8-12-17(16)26(27,28)29)20(36)31-18-15-30-34(4)23(18)35-13-9-5-6-10-14-35/h7-8,11-12,15H,5-6,9-10,13-14H2,1-4H3,(H,31,36)(H,33,37). The molecular formula is C26H31F3N6O3S. The highest BCUT2D eigenvalue weighted by Gasteiger charge is 2.35. The molecule has 39 heavy (non-hydrogen) atoms. The Bertz CT molecular complexity index is 1340. The number of anilines is 3. The first-order valence-corrected chi connectivity index (χ1v) is 13.4. The van der Waals surface area contributed by atoms with E-state index in [4.69, 9.17) is 4.74 Å². The molecule has 1 saturated heterocycles. The summed E-state index contributed by atoms with van der Waals surface area (Å²) >= 11 is 0.761. The number of ether oxygens (including phenoxy) is 1. The SMILES string of the molecule is Cn1ncc(NC(=O)c2nc(-c3ccccc3C(F)(F)F)sc2NC(=O)OC(C)(C)C)c1N1CCCCCC1. The molecule has 3 heterocycles. The third-order valence-electron chi connectivity index (χ3n) is 5.98. The van der Waals surface area contributed by atoms with Crippen molar-refractivity contribution in [2.24, 2.45) is 7.05 Å². The fourth-order valence-corrected chi connectivity index (χ4v) is 5.33. The number of thiazole rings is 1. The molecule has 0 saturated carbocycles. The van der Waals surface area contributed by atoms with Gasteiger partial charge in [0.15, 0.2) is 11.5 Å². The number of nitrogens with zero attached hydrogens (tertiary/aromatic N) is 4. The maximum absolute atomic E-state index is 13.7. The topological polar surface area (TPSA) is 101 Å². The largest absolute Gasteiger partial charge is 0.444 e. The summed E-state index contributed by atoms with van der Waals surface area (Å²) in [4.78, 5) is 32.5. The number of aromatic nitrogens is 3. The molecule has 13 heteroatoms. The number of benzene rings is 1. The summed E-state index contributed by atoms with van der Waals surface area (Å²) in [5.41, 5.74) is -1.72. The van der Waals surface area contributed by atoms with Gasteiger partial charge >= 0.3 is 12.3 Å². The minimum absolute atomic E-state index is 0.0334. The summed E-state index contributed by atoms with van der Waals surface area (Å²) in [6.07, 6.45) is 0.287. The highest BCUT2D eigenvalue weighted by Crippen LogP contribution is 2.41. The van der Waals surface area contributed by atoms with Crippen LogP contribution in [0, 0.1) is 0 Å². The van der Waals surface area contributed by atoms with Gasteiger partial charge < -0.3 is 15.0 Å². The number of alkyl halides is 3. The molecular weight excluding hydrogens is 533 g/mol. The Morgan fingerprint density at radius 3 is 2.33 bits per heavy atom. The Morgan fingerprint density at radius 2 is 1.69 bits per heavy atom. The van der Waals surface area contributed by atoms with Crippen molar-refractivity contribution in [2.75, 3.05) is 28.6 Å². The number of amides is 2. The van der Waals surface area contributed by atoms with Gasteiger partial charge in [0, 0.05) is 25.7 Å². The predicted molar refractivity (Wildman–Crippen MR) is 144 cm³/mol. The Morgan fingerprint density at radius 1 is 1.03 bits per heavy atom. The molecule has 1 aromatic carbocycles. The molecule has 0 unspecified atom stereocenters. The average Bonchev–Trinajstić information content (AvgIpc) is 3.30. The fourth-order valence-electron chi connectivity index (χ4n) is 4.35. The van der Waals surface area contributed by atoms with E-state index in [-0.39, 0.29) is 21.3 Å². The van der Waals surface area contributed by atoms with Crippen LogP contribution in [0.15, 0.2) is 30.5 Å². The lowest BCUT2D eigenvalue weighted by molar-refractivity contribution is -0.137. The Labute approximate surface area is 228 Å². The molecule has 0 spiro atoms. The number of rotatable bonds is 5. The molecule has 1 aliphatic heterocycles. The maximum atomic E-state index is 13.7. The Kier molecular flexibility index (Phi) is 8.19. The van der Waals surface area contributed by atoms with Gasteiger partial charge in [0.05, 0.1) is 11.8 Å². The Hall–Kier alpha value is -3.61. The van der Waals surface area contributed by atoms with E-state index in [1.807, 2.05) is 0 Å². The van der Waals surface area contributed by atoms with Crippen LogP contribution in [0.2, 0.25) is 0 Å². The van der Waals surface area contributed by atoms with Crippen LogP contribution in [0.25, 0.3) is 10.6 Å². The van der Waals surface area contributed by atoms with Gasteiger partial charge in [-0.25, -0.2) is 9.78 Å². The number of aryl methyl sites for hydroxylation is 1. The van der Waals surface area contributed by atoms with E-state index in [2.05, 4.69) is 25.6 Å². The number of hydrogen-bond donors (Lipinski definition) is 2. The van der Waals surface area contributed by atoms with Crippen molar-refractivity contribution in [3.8, 4) is 10.6 Å². The molecule has 1 fully saturated rings. The van der Waals surface area contributed by atoms with Crippen LogP contribution in [0.4, 0.5) is 34.5 Å². The zero-order valence-electron chi connectivity index (χ0n) is 22.2. The van der Waals surface area contributed by atoms with Gasteiger partial charge in [0.1, 0.15) is 21.3 Å². The number of nitrogens with one attached hydrogen (secondary N) is 2. The van der Waals surface area contributed by atoms with Gasteiger partial charge in [-0.15, -0.1) is 0 Å². The van der Waals surface area contributed by atoms with E-state index in [1.165, 1.54) is 24.4 Å². The van der Waals surface area contributed by atoms with Gasteiger partial charge in [-0.2, -0.15) is 18.3 Å². The summed E-state index contributed by atoms with van der Waals surface area (Å²) in [6, 6.07) is 4.95. The average molecular weight is 565 g/mol. The van der Waals surface area contributed by atoms with E-state index in [0.717, 1.165) is 62.0 Å². The van der Waals surface area contributed by atoms with Gasteiger partial charge in [0.2, 0.25) is 0 Å². The van der Waals surface area contributed by atoms with Gasteiger partial charge in [-0.3, -0.25) is 14.8 Å². The molecule has 0 atom stereocenters. The number of carbonyl (C=O) groups excluding carboxylic acids is 2. The van der Waals surface area contributed by atoms with Crippen molar-refractivity contribution < 1.29 is 27.5 Å². The van der Waals surface area contributed by atoms with Crippen molar-refractivity contribution >= 4 is 39.8 Å². The lowest BCUT2D eigenvalue weighted by atomic mass is 10.1. The number of hydrogen-bond acceptors (Lipinski definition) is 7. The maximum Gasteiger partial charge on any atom is 0.417 e. The fraction of sp³-hybridized carbons (Fsp3) is 0.462. The molecule has 2 N–H and O–H groups in total. The minimum atomic E-state index is -4.64. The van der Waals surface area contributed by atoms with Crippen LogP contribution in [0.1, 0.15) is 62.5 Å². The van der Waals surface area contributed by atoms with Crippen LogP contribution in [-0.4, -0.2) is 45.5 Å². The van der Waals surface area contributed by atoms with Crippen LogP contribution in [-0.2, 0) is 18.0 Å². The van der Waals surface area contributed by atoms with Gasteiger partial charge in [-0.05, 0) is 39.7 Å². The number of halogens is 3. The molecule has 4 rings (SSSR count). The highest BCUT2D eigenvalue weighted by molar-refractivity contribution is 7.19. The summed E-state index contributed by atoms with van der Waals surface area (Å²) in [5, 5.41) is 9.49. The third-order valence-corrected chi connectivity index (χ3v) is 6.98. The van der Waals surface area contributed by atoms with E-state index < -0.39 is 29.3 Å². The molecule has 1 aliphatic rings. The molecule has 0 aliphatic carbocycles. The summed E-state index contributed by atoms with van der Waals surface area (Å²) in [6.45, 7) is 6.63. The van der Waals surface area contributed by atoms with Crippen molar-refractivity contribution in [3.05, 3.63) is 41.7 Å². The quantitative estimate of drug-likeness (QED) is 0.365. The second-order valence-corrected chi connectivity index (χ2v) is 11.2. The predicted octanol–water partition coefficient (Wildman–Crippen LogP) is 6.54. The normalized spacial score (nSPS) is 14.6. The van der Waals surface area contributed by atoms with E-state index in [0.29, 0.717) is 5.69 Å². The molecule has 9 nitrogen and oxygen atoms in total. The molecule has 3 aromatic rings. The first-order valence-electron chi connectivity index (χ1n) is 12.6. The first-order chi connectivity index (χ1) is 18.3. The molecule has 210 valence electrons. The van der Waals surface area contributed by atoms with Crippen LogP contribution in [0.5, 0.6) is 0 Å².